The Morgan fingerprint density at radius 3 is 2.41 bits per heavy atom. The summed E-state index contributed by atoms with van der Waals surface area (Å²) < 4.78 is 27.8. The van der Waals surface area contributed by atoms with Crippen LogP contribution in [0.3, 0.4) is 0 Å². The highest BCUT2D eigenvalue weighted by Gasteiger charge is 2.40. The lowest BCUT2D eigenvalue weighted by Gasteiger charge is -2.24. The topological polar surface area (TPSA) is 136 Å². The number of likely N-dealkylation sites (tertiary alicyclic amines) is 1. The molecule has 3 rings (SSSR count). The zero-order valence-electron chi connectivity index (χ0n) is 16.2. The Kier molecular flexibility index (Phi) is 6.23. The molecule has 10 heteroatoms. The van der Waals surface area contributed by atoms with Gasteiger partial charge in [-0.05, 0) is 44.0 Å². The van der Waals surface area contributed by atoms with Gasteiger partial charge in [0.2, 0.25) is 15.9 Å². The Hall–Kier alpha value is -2.46. The van der Waals surface area contributed by atoms with Crippen LogP contribution in [0, 0.1) is 5.92 Å². The number of hydrogen-bond donors (Lipinski definition) is 2. The molecule has 3 N–H and O–H groups in total. The Morgan fingerprint density at radius 2 is 1.83 bits per heavy atom. The van der Waals surface area contributed by atoms with Gasteiger partial charge in [0.1, 0.15) is 0 Å². The molecule has 1 aromatic rings. The first-order valence-electron chi connectivity index (χ1n) is 9.59. The molecule has 2 amide bonds. The van der Waals surface area contributed by atoms with Crippen molar-refractivity contribution in [3.63, 3.8) is 0 Å². The summed E-state index contributed by atoms with van der Waals surface area (Å²) in [6, 6.07) is 5.52. The highest BCUT2D eigenvalue weighted by molar-refractivity contribution is 7.89. The summed E-state index contributed by atoms with van der Waals surface area (Å²) in [5.74, 6) is -1.72. The molecule has 1 aliphatic heterocycles. The minimum Gasteiger partial charge on any atom is -0.452 e. The maximum absolute atomic E-state index is 12.4. The number of amides is 2. The number of sulfonamides is 1. The third-order valence-electron chi connectivity index (χ3n) is 5.37. The molecule has 158 valence electrons. The zero-order valence-corrected chi connectivity index (χ0v) is 17.0. The molecule has 29 heavy (non-hydrogen) atoms. The standard InChI is InChI=1S/C19H25N3O6S/c1-12(18(24)21-14-6-8-16(9-7-14)29(20,26)27)28-19(25)13-10-17(23)22(11-13)15-4-2-3-5-15/h6-9,12-13,15H,2-5,10-11H2,1H3,(H,21,24)(H2,20,26,27). The van der Waals surface area contributed by atoms with Crippen molar-refractivity contribution in [1.82, 2.24) is 4.90 Å². The van der Waals surface area contributed by atoms with Gasteiger partial charge in [0.15, 0.2) is 6.10 Å². The van der Waals surface area contributed by atoms with Gasteiger partial charge in [-0.15, -0.1) is 0 Å². The summed E-state index contributed by atoms with van der Waals surface area (Å²) in [4.78, 5) is 38.6. The van der Waals surface area contributed by atoms with E-state index >= 15 is 0 Å². The first kappa shape index (κ1) is 21.3. The molecule has 1 saturated heterocycles. The molecule has 2 fully saturated rings. The normalized spacial score (nSPS) is 21.2. The monoisotopic (exact) mass is 423 g/mol. The Labute approximate surface area is 169 Å². The van der Waals surface area contributed by atoms with Gasteiger partial charge in [-0.3, -0.25) is 14.4 Å². The third kappa shape index (κ3) is 5.13. The number of carbonyl (C=O) groups is 3. The maximum atomic E-state index is 12.4. The first-order valence-corrected chi connectivity index (χ1v) is 11.1. The van der Waals surface area contributed by atoms with Crippen molar-refractivity contribution in [2.75, 3.05) is 11.9 Å². The minimum atomic E-state index is -3.82. The van der Waals surface area contributed by atoms with Gasteiger partial charge >= 0.3 is 5.97 Å². The van der Waals surface area contributed by atoms with Crippen LogP contribution < -0.4 is 10.5 Å². The molecule has 2 atom stereocenters. The number of benzene rings is 1. The van der Waals surface area contributed by atoms with Crippen LogP contribution in [0.4, 0.5) is 5.69 Å². The third-order valence-corrected chi connectivity index (χ3v) is 6.30. The van der Waals surface area contributed by atoms with Gasteiger partial charge < -0.3 is 15.0 Å². The fourth-order valence-electron chi connectivity index (χ4n) is 3.75. The van der Waals surface area contributed by atoms with Crippen LogP contribution in [0.5, 0.6) is 0 Å². The van der Waals surface area contributed by atoms with Crippen LogP contribution in [0.15, 0.2) is 29.2 Å². The molecular weight excluding hydrogens is 398 g/mol. The van der Waals surface area contributed by atoms with E-state index in [0.717, 1.165) is 25.7 Å². The molecule has 1 heterocycles. The first-order chi connectivity index (χ1) is 13.6. The van der Waals surface area contributed by atoms with Gasteiger partial charge in [0.25, 0.3) is 5.91 Å². The molecule has 1 aromatic carbocycles. The molecule has 0 bridgehead atoms. The second-order valence-corrected chi connectivity index (χ2v) is 9.08. The summed E-state index contributed by atoms with van der Waals surface area (Å²) in [6.07, 6.45) is 3.18. The highest BCUT2D eigenvalue weighted by Crippen LogP contribution is 2.30. The van der Waals surface area contributed by atoms with Gasteiger partial charge in [0, 0.05) is 24.7 Å². The molecule has 2 aliphatic rings. The number of carbonyl (C=O) groups excluding carboxylic acids is 3. The predicted molar refractivity (Wildman–Crippen MR) is 104 cm³/mol. The van der Waals surface area contributed by atoms with Crippen molar-refractivity contribution in [3.05, 3.63) is 24.3 Å². The van der Waals surface area contributed by atoms with Gasteiger partial charge in [-0.1, -0.05) is 12.8 Å². The van der Waals surface area contributed by atoms with Crippen molar-refractivity contribution in [2.45, 2.75) is 56.1 Å². The molecule has 0 spiro atoms. The van der Waals surface area contributed by atoms with Crippen molar-refractivity contribution < 1.29 is 27.5 Å². The van der Waals surface area contributed by atoms with Crippen LogP contribution in [0.2, 0.25) is 0 Å². The van der Waals surface area contributed by atoms with E-state index in [2.05, 4.69) is 5.32 Å². The van der Waals surface area contributed by atoms with Crippen molar-refractivity contribution in [3.8, 4) is 0 Å². The number of nitrogens with one attached hydrogen (secondary N) is 1. The second kappa shape index (κ2) is 8.50. The average molecular weight is 423 g/mol. The maximum Gasteiger partial charge on any atom is 0.312 e. The number of anilines is 1. The summed E-state index contributed by atoms with van der Waals surface area (Å²) >= 11 is 0. The Bertz CT molecular complexity index is 893. The van der Waals surface area contributed by atoms with Crippen molar-refractivity contribution in [1.29, 1.82) is 0 Å². The molecular formula is C19H25N3O6S. The average Bonchev–Trinajstić information content (AvgIpc) is 3.30. The minimum absolute atomic E-state index is 0.0362. The fourth-order valence-corrected chi connectivity index (χ4v) is 4.27. The van der Waals surface area contributed by atoms with E-state index in [4.69, 9.17) is 9.88 Å². The largest absolute Gasteiger partial charge is 0.452 e. The fraction of sp³-hybridized carbons (Fsp3) is 0.526. The van der Waals surface area contributed by atoms with Crippen LogP contribution in [0.1, 0.15) is 39.0 Å². The molecule has 0 radical (unpaired) electrons. The Balaban J connectivity index is 1.52. The molecule has 1 saturated carbocycles. The van der Waals surface area contributed by atoms with E-state index in [0.29, 0.717) is 12.2 Å². The highest BCUT2D eigenvalue weighted by atomic mass is 32.2. The van der Waals surface area contributed by atoms with Crippen LogP contribution in [0.25, 0.3) is 0 Å². The van der Waals surface area contributed by atoms with E-state index in [-0.39, 0.29) is 23.3 Å². The van der Waals surface area contributed by atoms with E-state index in [1.807, 2.05) is 0 Å². The van der Waals surface area contributed by atoms with E-state index in [1.54, 1.807) is 4.90 Å². The van der Waals surface area contributed by atoms with Gasteiger partial charge in [-0.25, -0.2) is 13.6 Å². The number of primary sulfonamides is 1. The molecule has 9 nitrogen and oxygen atoms in total. The lowest BCUT2D eigenvalue weighted by atomic mass is 10.1. The number of ether oxygens (including phenoxy) is 1. The number of hydrogen-bond acceptors (Lipinski definition) is 6. The van der Waals surface area contributed by atoms with E-state index in [1.165, 1.54) is 31.2 Å². The number of esters is 1. The Morgan fingerprint density at radius 1 is 1.21 bits per heavy atom. The lowest BCUT2D eigenvalue weighted by molar-refractivity contribution is -0.157. The molecule has 1 aliphatic carbocycles. The summed E-state index contributed by atoms with van der Waals surface area (Å²) in [5, 5.41) is 7.58. The lowest BCUT2D eigenvalue weighted by Crippen LogP contribution is -2.36. The zero-order chi connectivity index (χ0) is 21.2. The molecule has 0 aromatic heterocycles. The smallest absolute Gasteiger partial charge is 0.312 e. The summed E-state index contributed by atoms with van der Waals surface area (Å²) in [6.45, 7) is 1.78. The van der Waals surface area contributed by atoms with Crippen molar-refractivity contribution in [2.24, 2.45) is 11.1 Å². The van der Waals surface area contributed by atoms with E-state index < -0.39 is 33.9 Å². The van der Waals surface area contributed by atoms with Gasteiger partial charge in [0.05, 0.1) is 10.8 Å². The number of rotatable bonds is 6. The van der Waals surface area contributed by atoms with E-state index in [9.17, 15) is 22.8 Å². The van der Waals surface area contributed by atoms with Crippen LogP contribution >= 0.6 is 0 Å². The SMILES string of the molecule is CC(OC(=O)C1CC(=O)N(C2CCCC2)C1)C(=O)Nc1ccc(S(N)(=O)=O)cc1. The van der Waals surface area contributed by atoms with Crippen LogP contribution in [-0.4, -0.2) is 49.8 Å². The van der Waals surface area contributed by atoms with Gasteiger partial charge in [-0.2, -0.15) is 0 Å². The second-order valence-electron chi connectivity index (χ2n) is 7.52. The quantitative estimate of drug-likeness (QED) is 0.655. The number of nitrogens with two attached hydrogens (primary N) is 1. The predicted octanol–water partition coefficient (Wildman–Crippen LogP) is 0.995. The number of nitrogens with zero attached hydrogens (tertiary/aromatic N) is 1. The molecule has 2 unspecified atom stereocenters. The van der Waals surface area contributed by atoms with Crippen molar-refractivity contribution >= 4 is 33.5 Å². The summed E-state index contributed by atoms with van der Waals surface area (Å²) in [5.41, 5.74) is 0.341. The summed E-state index contributed by atoms with van der Waals surface area (Å²) in [7, 11) is -3.82. The van der Waals surface area contributed by atoms with Crippen LogP contribution in [-0.2, 0) is 29.1 Å².